The van der Waals surface area contributed by atoms with Crippen LogP contribution in [0.25, 0.3) is 0 Å². The minimum absolute atomic E-state index is 0.386. The van der Waals surface area contributed by atoms with Crippen molar-refractivity contribution in [2.75, 3.05) is 0 Å². The van der Waals surface area contributed by atoms with Gasteiger partial charge in [0.1, 0.15) is 0 Å². The molecule has 1 unspecified atom stereocenters. The van der Waals surface area contributed by atoms with Crippen molar-refractivity contribution in [3.8, 4) is 0 Å². The van der Waals surface area contributed by atoms with E-state index in [-0.39, 0.29) is 0 Å². The third kappa shape index (κ3) is 5.00. The van der Waals surface area contributed by atoms with E-state index in [0.29, 0.717) is 12.3 Å². The van der Waals surface area contributed by atoms with Crippen molar-refractivity contribution in [1.82, 2.24) is 0 Å². The lowest BCUT2D eigenvalue weighted by Crippen LogP contribution is -2.18. The predicted molar refractivity (Wildman–Crippen MR) is 66.4 cm³/mol. The van der Waals surface area contributed by atoms with Crippen LogP contribution in [0, 0.1) is 17.8 Å². The molecular weight excluding hydrogens is 200 g/mol. The van der Waals surface area contributed by atoms with E-state index in [4.69, 9.17) is 5.11 Å². The van der Waals surface area contributed by atoms with Crippen LogP contribution in [0.15, 0.2) is 0 Å². The quantitative estimate of drug-likeness (QED) is 0.740. The second kappa shape index (κ2) is 6.93. The zero-order chi connectivity index (χ0) is 12.0. The Hall–Kier alpha value is -0.530. The number of aliphatic carboxylic acids is 1. The molecule has 0 bridgehead atoms. The topological polar surface area (TPSA) is 37.3 Å². The van der Waals surface area contributed by atoms with Gasteiger partial charge in [-0.3, -0.25) is 4.79 Å². The predicted octanol–water partition coefficient (Wildman–Crippen LogP) is 4.09. The second-order valence-corrected chi connectivity index (χ2v) is 5.61. The average molecular weight is 226 g/mol. The monoisotopic (exact) mass is 226 g/mol. The van der Waals surface area contributed by atoms with Gasteiger partial charge >= 0.3 is 5.97 Å². The van der Waals surface area contributed by atoms with Crippen LogP contribution in [-0.2, 0) is 4.79 Å². The van der Waals surface area contributed by atoms with Crippen LogP contribution in [-0.4, -0.2) is 11.1 Å². The minimum Gasteiger partial charge on any atom is -0.481 e. The molecule has 1 N–H and O–H groups in total. The fraction of sp³-hybridized carbons (Fsp3) is 0.929. The molecule has 1 rings (SSSR count). The molecule has 1 aliphatic rings. The van der Waals surface area contributed by atoms with Crippen molar-refractivity contribution in [2.24, 2.45) is 17.8 Å². The number of carboxylic acids is 1. The van der Waals surface area contributed by atoms with E-state index in [2.05, 4.69) is 13.8 Å². The Morgan fingerprint density at radius 2 is 1.81 bits per heavy atom. The maximum atomic E-state index is 10.6. The van der Waals surface area contributed by atoms with Crippen LogP contribution >= 0.6 is 0 Å². The Morgan fingerprint density at radius 1 is 1.25 bits per heavy atom. The van der Waals surface area contributed by atoms with Gasteiger partial charge in [-0.2, -0.15) is 0 Å². The molecule has 0 aromatic heterocycles. The first kappa shape index (κ1) is 13.5. The van der Waals surface area contributed by atoms with Gasteiger partial charge in [0.05, 0.1) is 0 Å². The van der Waals surface area contributed by atoms with Crippen LogP contribution in [0.4, 0.5) is 0 Å². The molecule has 94 valence electrons. The molecule has 0 aromatic carbocycles. The first-order valence-electron chi connectivity index (χ1n) is 6.83. The minimum atomic E-state index is -0.622. The summed E-state index contributed by atoms with van der Waals surface area (Å²) in [7, 11) is 0. The molecule has 2 nitrogen and oxygen atoms in total. The fourth-order valence-electron chi connectivity index (χ4n) is 3.10. The van der Waals surface area contributed by atoms with E-state index >= 15 is 0 Å². The van der Waals surface area contributed by atoms with Gasteiger partial charge in [0, 0.05) is 6.42 Å². The highest BCUT2D eigenvalue weighted by atomic mass is 16.4. The van der Waals surface area contributed by atoms with Crippen molar-refractivity contribution in [2.45, 2.75) is 65.2 Å². The van der Waals surface area contributed by atoms with Gasteiger partial charge in [-0.25, -0.2) is 0 Å². The van der Waals surface area contributed by atoms with Gasteiger partial charge in [0.2, 0.25) is 0 Å². The molecule has 1 saturated carbocycles. The maximum Gasteiger partial charge on any atom is 0.303 e. The second-order valence-electron chi connectivity index (χ2n) is 5.61. The Bertz CT molecular complexity index is 205. The number of hydrogen-bond donors (Lipinski definition) is 1. The largest absolute Gasteiger partial charge is 0.481 e. The van der Waals surface area contributed by atoms with Crippen LogP contribution in [0.5, 0.6) is 0 Å². The summed E-state index contributed by atoms with van der Waals surface area (Å²) in [6, 6.07) is 0. The van der Waals surface area contributed by atoms with E-state index in [1.807, 2.05) is 0 Å². The lowest BCUT2D eigenvalue weighted by atomic mass is 9.77. The van der Waals surface area contributed by atoms with Crippen LogP contribution in [0.2, 0.25) is 0 Å². The maximum absolute atomic E-state index is 10.6. The number of carboxylic acid groups (broad SMARTS) is 1. The lowest BCUT2D eigenvalue weighted by molar-refractivity contribution is -0.138. The molecule has 0 spiro atoms. The van der Waals surface area contributed by atoms with E-state index < -0.39 is 5.97 Å². The van der Waals surface area contributed by atoms with Gasteiger partial charge in [-0.15, -0.1) is 0 Å². The summed E-state index contributed by atoms with van der Waals surface area (Å²) in [6.07, 6.45) is 9.15. The highest BCUT2D eigenvalue weighted by Crippen LogP contribution is 2.34. The Balaban J connectivity index is 2.18. The van der Waals surface area contributed by atoms with Gasteiger partial charge in [0.15, 0.2) is 0 Å². The SMILES string of the molecule is CCCC(C)CC1CCC(CC(=O)O)CC1. The summed E-state index contributed by atoms with van der Waals surface area (Å²) < 4.78 is 0. The normalized spacial score (nSPS) is 27.6. The molecule has 0 heterocycles. The number of rotatable bonds is 6. The van der Waals surface area contributed by atoms with Crippen molar-refractivity contribution in [1.29, 1.82) is 0 Å². The highest BCUT2D eigenvalue weighted by Gasteiger charge is 2.23. The molecule has 1 fully saturated rings. The van der Waals surface area contributed by atoms with E-state index in [1.54, 1.807) is 0 Å². The van der Waals surface area contributed by atoms with Crippen LogP contribution < -0.4 is 0 Å². The standard InChI is InChI=1S/C14H26O2/c1-3-4-11(2)9-12-5-7-13(8-6-12)10-14(15)16/h11-13H,3-10H2,1-2H3,(H,15,16). The van der Waals surface area contributed by atoms with Crippen molar-refractivity contribution < 1.29 is 9.90 Å². The molecule has 0 aliphatic heterocycles. The van der Waals surface area contributed by atoms with Crippen LogP contribution in [0.1, 0.15) is 65.2 Å². The third-order valence-corrected chi connectivity index (χ3v) is 3.95. The summed E-state index contributed by atoms with van der Waals surface area (Å²) >= 11 is 0. The van der Waals surface area contributed by atoms with Gasteiger partial charge < -0.3 is 5.11 Å². The zero-order valence-corrected chi connectivity index (χ0v) is 10.7. The Kier molecular flexibility index (Phi) is 5.86. The molecule has 1 aliphatic carbocycles. The van der Waals surface area contributed by atoms with Crippen LogP contribution in [0.3, 0.4) is 0 Å². The van der Waals surface area contributed by atoms with Crippen molar-refractivity contribution in [3.63, 3.8) is 0 Å². The van der Waals surface area contributed by atoms with Crippen molar-refractivity contribution >= 4 is 5.97 Å². The Morgan fingerprint density at radius 3 is 2.31 bits per heavy atom. The number of carbonyl (C=O) groups is 1. The smallest absolute Gasteiger partial charge is 0.303 e. The summed E-state index contributed by atoms with van der Waals surface area (Å²) in [5, 5.41) is 8.75. The van der Waals surface area contributed by atoms with E-state index in [9.17, 15) is 4.79 Å². The first-order chi connectivity index (χ1) is 7.61. The lowest BCUT2D eigenvalue weighted by Gasteiger charge is -2.29. The molecule has 0 aromatic rings. The van der Waals surface area contributed by atoms with E-state index in [1.165, 1.54) is 32.1 Å². The number of hydrogen-bond acceptors (Lipinski definition) is 1. The molecule has 1 atom stereocenters. The fourth-order valence-corrected chi connectivity index (χ4v) is 3.10. The van der Waals surface area contributed by atoms with E-state index in [0.717, 1.165) is 24.7 Å². The molecule has 16 heavy (non-hydrogen) atoms. The Labute approximate surface area is 99.4 Å². The average Bonchev–Trinajstić information content (AvgIpc) is 2.20. The molecule has 0 amide bonds. The van der Waals surface area contributed by atoms with Gasteiger partial charge in [-0.1, -0.05) is 39.5 Å². The molecule has 0 saturated heterocycles. The van der Waals surface area contributed by atoms with Gasteiger partial charge in [0.25, 0.3) is 0 Å². The molecule has 0 radical (unpaired) electrons. The van der Waals surface area contributed by atoms with Gasteiger partial charge in [-0.05, 0) is 37.0 Å². The summed E-state index contributed by atoms with van der Waals surface area (Å²) in [5.74, 6) is 1.55. The van der Waals surface area contributed by atoms with Crippen molar-refractivity contribution in [3.05, 3.63) is 0 Å². The zero-order valence-electron chi connectivity index (χ0n) is 10.7. The molecular formula is C14H26O2. The summed E-state index contributed by atoms with van der Waals surface area (Å²) in [5.41, 5.74) is 0. The molecule has 2 heteroatoms. The summed E-state index contributed by atoms with van der Waals surface area (Å²) in [6.45, 7) is 4.60. The summed E-state index contributed by atoms with van der Waals surface area (Å²) in [4.78, 5) is 10.6. The third-order valence-electron chi connectivity index (χ3n) is 3.95. The first-order valence-corrected chi connectivity index (χ1v) is 6.83. The highest BCUT2D eigenvalue weighted by molar-refractivity contribution is 5.67.